The van der Waals surface area contributed by atoms with Crippen molar-refractivity contribution in [3.05, 3.63) is 164 Å². The van der Waals surface area contributed by atoms with Gasteiger partial charge in [-0.2, -0.15) is 0 Å². The van der Waals surface area contributed by atoms with Crippen molar-refractivity contribution in [3.63, 3.8) is 0 Å². The van der Waals surface area contributed by atoms with Gasteiger partial charge in [-0.1, -0.05) is 109 Å². The van der Waals surface area contributed by atoms with Gasteiger partial charge in [-0.05, 0) is 81.9 Å². The molecule has 0 atom stereocenters. The van der Waals surface area contributed by atoms with E-state index < -0.39 is 0 Å². The average molecular weight is 602 g/mol. The third kappa shape index (κ3) is 4.07. The Morgan fingerprint density at radius 2 is 1.02 bits per heavy atom. The number of rotatable bonds is 4. The molecular weight excluding hydrogens is 574 g/mol. The molecule has 2 aromatic heterocycles. The first-order valence-corrected chi connectivity index (χ1v) is 15.9. The molecule has 3 nitrogen and oxygen atoms in total. The second-order valence-electron chi connectivity index (χ2n) is 12.1. The molecule has 0 aliphatic rings. The number of anilines is 3. The van der Waals surface area contributed by atoms with Crippen molar-refractivity contribution in [1.29, 1.82) is 0 Å². The molecule has 0 saturated carbocycles. The molecule has 0 radical (unpaired) electrons. The molecule has 10 rings (SSSR count). The van der Waals surface area contributed by atoms with Crippen LogP contribution in [0, 0.1) is 0 Å². The van der Waals surface area contributed by atoms with Gasteiger partial charge >= 0.3 is 0 Å². The maximum atomic E-state index is 6.86. The van der Waals surface area contributed by atoms with Gasteiger partial charge in [0.2, 0.25) is 0 Å². The first-order valence-electron chi connectivity index (χ1n) is 15.9. The van der Waals surface area contributed by atoms with E-state index in [4.69, 9.17) is 8.83 Å². The highest BCUT2D eigenvalue weighted by Gasteiger charge is 2.21. The Morgan fingerprint density at radius 3 is 1.96 bits per heavy atom. The van der Waals surface area contributed by atoms with E-state index in [0.717, 1.165) is 66.3 Å². The van der Waals surface area contributed by atoms with Gasteiger partial charge in [0, 0.05) is 38.3 Å². The fourth-order valence-electron chi connectivity index (χ4n) is 7.15. The standard InChI is InChI=1S/C44H27NO2/c1-2-9-28(10-3-1)30-17-18-32-26-33(21-19-31(32)25-30)45(34-22-24-42-39(27-34)36-13-6-7-16-41(36)46-42)40-15-8-14-37-38-23-20-29-11-4-5-12-35(29)43(38)47-44(37)40/h1-27H. The molecule has 0 aliphatic carbocycles. The molecule has 2 heterocycles. The lowest BCUT2D eigenvalue weighted by Crippen LogP contribution is -2.10. The van der Waals surface area contributed by atoms with Gasteiger partial charge in [-0.25, -0.2) is 0 Å². The summed E-state index contributed by atoms with van der Waals surface area (Å²) in [7, 11) is 0. The lowest BCUT2D eigenvalue weighted by molar-refractivity contribution is 0.669. The minimum atomic E-state index is 0.857. The summed E-state index contributed by atoms with van der Waals surface area (Å²) in [5, 5.41) is 9.04. The fourth-order valence-corrected chi connectivity index (χ4v) is 7.15. The Bertz CT molecular complexity index is 2810. The topological polar surface area (TPSA) is 29.5 Å². The highest BCUT2D eigenvalue weighted by Crippen LogP contribution is 2.45. The molecule has 0 saturated heterocycles. The van der Waals surface area contributed by atoms with Gasteiger partial charge in [-0.3, -0.25) is 0 Å². The van der Waals surface area contributed by atoms with Crippen LogP contribution >= 0.6 is 0 Å². The third-order valence-corrected chi connectivity index (χ3v) is 9.42. The molecular formula is C44H27NO2. The second kappa shape index (κ2) is 10.1. The van der Waals surface area contributed by atoms with Gasteiger partial charge < -0.3 is 13.7 Å². The predicted octanol–water partition coefficient (Wildman–Crippen LogP) is 12.9. The van der Waals surface area contributed by atoms with E-state index in [1.807, 2.05) is 12.1 Å². The highest BCUT2D eigenvalue weighted by atomic mass is 16.3. The first kappa shape index (κ1) is 26.0. The number of nitrogens with zero attached hydrogens (tertiary/aromatic N) is 1. The number of hydrogen-bond donors (Lipinski definition) is 0. The Morgan fingerprint density at radius 1 is 0.340 bits per heavy atom. The summed E-state index contributed by atoms with van der Waals surface area (Å²) in [5.41, 5.74) is 9.01. The average Bonchev–Trinajstić information content (AvgIpc) is 3.71. The van der Waals surface area contributed by atoms with Gasteiger partial charge in [0.05, 0.1) is 5.69 Å². The molecule has 0 unspecified atom stereocenters. The van der Waals surface area contributed by atoms with Crippen LogP contribution in [0.15, 0.2) is 173 Å². The van der Waals surface area contributed by atoms with Crippen LogP contribution in [0.4, 0.5) is 17.1 Å². The van der Waals surface area contributed by atoms with Crippen LogP contribution in [0.3, 0.4) is 0 Å². The molecule has 3 heteroatoms. The van der Waals surface area contributed by atoms with Crippen LogP contribution in [0.5, 0.6) is 0 Å². The number of hydrogen-bond acceptors (Lipinski definition) is 3. The smallest absolute Gasteiger partial charge is 0.159 e. The van der Waals surface area contributed by atoms with Gasteiger partial charge in [0.1, 0.15) is 16.7 Å². The summed E-state index contributed by atoms with van der Waals surface area (Å²) < 4.78 is 13.1. The van der Waals surface area contributed by atoms with Crippen molar-refractivity contribution in [2.45, 2.75) is 0 Å². The number of fused-ring (bicyclic) bond motifs is 9. The third-order valence-electron chi connectivity index (χ3n) is 9.42. The largest absolute Gasteiger partial charge is 0.456 e. The van der Waals surface area contributed by atoms with Crippen LogP contribution in [0.1, 0.15) is 0 Å². The Labute approximate surface area is 270 Å². The fraction of sp³-hybridized carbons (Fsp3) is 0. The van der Waals surface area contributed by atoms with E-state index in [9.17, 15) is 0 Å². The van der Waals surface area contributed by atoms with Crippen molar-refractivity contribution in [2.24, 2.45) is 0 Å². The van der Waals surface area contributed by atoms with Gasteiger partial charge in [-0.15, -0.1) is 0 Å². The molecule has 47 heavy (non-hydrogen) atoms. The zero-order chi connectivity index (χ0) is 30.9. The van der Waals surface area contributed by atoms with Gasteiger partial charge in [0.25, 0.3) is 0 Å². The second-order valence-corrected chi connectivity index (χ2v) is 12.1. The van der Waals surface area contributed by atoms with E-state index >= 15 is 0 Å². The van der Waals surface area contributed by atoms with Crippen molar-refractivity contribution in [1.82, 2.24) is 0 Å². The van der Waals surface area contributed by atoms with E-state index in [1.165, 1.54) is 27.3 Å². The summed E-state index contributed by atoms with van der Waals surface area (Å²) >= 11 is 0. The lowest BCUT2D eigenvalue weighted by atomic mass is 10.0. The van der Waals surface area contributed by atoms with Crippen LogP contribution in [-0.2, 0) is 0 Å². The SMILES string of the molecule is c1ccc(-c2ccc3cc(N(c4ccc5oc6ccccc6c5c4)c4cccc5c4oc4c6ccccc6ccc54)ccc3c2)cc1. The summed E-state index contributed by atoms with van der Waals surface area (Å²) in [6.07, 6.45) is 0. The monoisotopic (exact) mass is 601 g/mol. The van der Waals surface area contributed by atoms with Crippen molar-refractivity contribution < 1.29 is 8.83 Å². The number of benzene rings is 8. The zero-order valence-electron chi connectivity index (χ0n) is 25.4. The van der Waals surface area contributed by atoms with E-state index in [2.05, 4.69) is 157 Å². The minimum Gasteiger partial charge on any atom is -0.456 e. The van der Waals surface area contributed by atoms with Gasteiger partial charge in [0.15, 0.2) is 5.58 Å². The highest BCUT2D eigenvalue weighted by molar-refractivity contribution is 6.18. The van der Waals surface area contributed by atoms with Crippen molar-refractivity contribution >= 4 is 82.5 Å². The zero-order valence-corrected chi connectivity index (χ0v) is 25.4. The number of para-hydroxylation sites is 2. The lowest BCUT2D eigenvalue weighted by Gasteiger charge is -2.26. The Kier molecular flexibility index (Phi) is 5.57. The van der Waals surface area contributed by atoms with Crippen LogP contribution in [0.25, 0.3) is 76.5 Å². The molecule has 0 aliphatic heterocycles. The van der Waals surface area contributed by atoms with Crippen molar-refractivity contribution in [2.75, 3.05) is 4.90 Å². The molecule has 0 amide bonds. The maximum Gasteiger partial charge on any atom is 0.159 e. The van der Waals surface area contributed by atoms with E-state index in [1.54, 1.807) is 0 Å². The predicted molar refractivity (Wildman–Crippen MR) is 196 cm³/mol. The summed E-state index contributed by atoms with van der Waals surface area (Å²) in [5.74, 6) is 0. The molecule has 220 valence electrons. The van der Waals surface area contributed by atoms with Crippen LogP contribution < -0.4 is 4.90 Å². The summed E-state index contributed by atoms with van der Waals surface area (Å²) in [6, 6.07) is 57.9. The molecule has 0 fully saturated rings. The van der Waals surface area contributed by atoms with Crippen LogP contribution in [0.2, 0.25) is 0 Å². The Hall–Kier alpha value is -6.32. The first-order chi connectivity index (χ1) is 23.3. The molecule has 0 spiro atoms. The summed E-state index contributed by atoms with van der Waals surface area (Å²) in [4.78, 5) is 2.32. The van der Waals surface area contributed by atoms with E-state index in [0.29, 0.717) is 0 Å². The molecule has 0 bridgehead atoms. The van der Waals surface area contributed by atoms with E-state index in [-0.39, 0.29) is 0 Å². The minimum absolute atomic E-state index is 0.857. The molecule has 0 N–H and O–H groups in total. The Balaban J connectivity index is 1.22. The quantitative estimate of drug-likeness (QED) is 0.201. The number of furan rings is 2. The molecule has 8 aromatic carbocycles. The summed E-state index contributed by atoms with van der Waals surface area (Å²) in [6.45, 7) is 0. The normalized spacial score (nSPS) is 11.8. The molecule has 10 aromatic rings. The van der Waals surface area contributed by atoms with Crippen LogP contribution in [-0.4, -0.2) is 0 Å². The maximum absolute atomic E-state index is 6.86. The van der Waals surface area contributed by atoms with Crippen molar-refractivity contribution in [3.8, 4) is 11.1 Å².